The number of methoxy groups -OCH3 is 2. The zero-order valence-electron chi connectivity index (χ0n) is 19.9. The SMILES string of the molecule is COc1ccc(OC)c([C@@H]2[C@H](N3C(=O)c4c(Cl)c(Cl)c(Cl)c(Cl)c4C3=O)C(=O)N2c2cc(Cl)ccc2C)c1. The van der Waals surface area contributed by atoms with Gasteiger partial charge in [0.2, 0.25) is 0 Å². The summed E-state index contributed by atoms with van der Waals surface area (Å²) in [5, 5.41) is -0.366. The molecule has 5 rings (SSSR count). The second-order valence-electron chi connectivity index (χ2n) is 8.62. The lowest BCUT2D eigenvalue weighted by Gasteiger charge is -2.50. The van der Waals surface area contributed by atoms with Gasteiger partial charge in [0.1, 0.15) is 17.5 Å². The number of imide groups is 1. The van der Waals surface area contributed by atoms with Crippen molar-refractivity contribution in [2.75, 3.05) is 19.1 Å². The zero-order chi connectivity index (χ0) is 27.6. The summed E-state index contributed by atoms with van der Waals surface area (Å²) >= 11 is 31.3. The van der Waals surface area contributed by atoms with Crippen LogP contribution in [0.2, 0.25) is 25.1 Å². The second kappa shape index (κ2) is 9.81. The molecule has 3 amide bonds. The van der Waals surface area contributed by atoms with E-state index in [1.165, 1.54) is 19.1 Å². The molecule has 0 aliphatic carbocycles. The molecule has 2 aliphatic heterocycles. The quantitative estimate of drug-likeness (QED) is 0.134. The summed E-state index contributed by atoms with van der Waals surface area (Å²) in [6.07, 6.45) is 0. The van der Waals surface area contributed by atoms with Crippen LogP contribution < -0.4 is 14.4 Å². The average Bonchev–Trinajstić information content (AvgIpc) is 3.16. The molecular formula is C26H17Cl5N2O5. The highest BCUT2D eigenvalue weighted by Crippen LogP contribution is 2.51. The number of rotatable bonds is 5. The first-order valence-electron chi connectivity index (χ1n) is 11.1. The summed E-state index contributed by atoms with van der Waals surface area (Å²) in [6, 6.07) is 8.02. The number of carbonyl (C=O) groups excluding carboxylic acids is 3. The molecular weight excluding hydrogens is 598 g/mol. The molecule has 196 valence electrons. The molecule has 3 aromatic carbocycles. The van der Waals surface area contributed by atoms with Crippen LogP contribution in [0.15, 0.2) is 36.4 Å². The number of halogens is 5. The van der Waals surface area contributed by atoms with Crippen LogP contribution in [0.4, 0.5) is 5.69 Å². The number of aryl methyl sites for hydroxylation is 1. The largest absolute Gasteiger partial charge is 0.497 e. The van der Waals surface area contributed by atoms with Gasteiger partial charge in [0, 0.05) is 16.3 Å². The van der Waals surface area contributed by atoms with E-state index in [2.05, 4.69) is 0 Å². The van der Waals surface area contributed by atoms with E-state index in [0.29, 0.717) is 27.8 Å². The highest BCUT2D eigenvalue weighted by molar-refractivity contribution is 6.55. The van der Waals surface area contributed by atoms with Crippen molar-refractivity contribution >= 4 is 81.4 Å². The van der Waals surface area contributed by atoms with Crippen LogP contribution in [0.25, 0.3) is 0 Å². The number of hydrogen-bond acceptors (Lipinski definition) is 5. The minimum atomic E-state index is -1.27. The summed E-state index contributed by atoms with van der Waals surface area (Å²) < 4.78 is 11.0. The molecule has 38 heavy (non-hydrogen) atoms. The number of anilines is 1. The maximum atomic E-state index is 13.8. The van der Waals surface area contributed by atoms with Crippen molar-refractivity contribution < 1.29 is 23.9 Å². The molecule has 1 fully saturated rings. The van der Waals surface area contributed by atoms with E-state index in [4.69, 9.17) is 67.5 Å². The Kier molecular flexibility index (Phi) is 6.95. The molecule has 2 aliphatic rings. The number of hydrogen-bond donors (Lipinski definition) is 0. The standard InChI is InChI=1S/C26H17Cl5N2O5/c1-10-4-5-11(27)8-14(10)32-22(13-9-12(37-2)6-7-15(13)38-3)23(26(32)36)33-24(34)16-17(25(33)35)19(29)21(31)20(30)18(16)28/h4-9,22-23H,1-3H3/t22-,23+/m1/s1. The van der Waals surface area contributed by atoms with Crippen LogP contribution in [-0.2, 0) is 4.79 Å². The Labute approximate surface area is 242 Å². The predicted octanol–water partition coefficient (Wildman–Crippen LogP) is 7.03. The van der Waals surface area contributed by atoms with Crippen LogP contribution in [-0.4, -0.2) is 42.9 Å². The van der Waals surface area contributed by atoms with Gasteiger partial charge < -0.3 is 9.47 Å². The lowest BCUT2D eigenvalue weighted by molar-refractivity contribution is -0.130. The highest BCUT2D eigenvalue weighted by atomic mass is 35.5. The summed E-state index contributed by atoms with van der Waals surface area (Å²) in [6.45, 7) is 1.82. The van der Waals surface area contributed by atoms with E-state index in [1.54, 1.807) is 36.4 Å². The first kappa shape index (κ1) is 26.9. The first-order chi connectivity index (χ1) is 18.0. The summed E-state index contributed by atoms with van der Waals surface area (Å²) in [5.41, 5.74) is 1.34. The number of fused-ring (bicyclic) bond motifs is 1. The van der Waals surface area contributed by atoms with E-state index in [1.807, 2.05) is 6.92 Å². The fourth-order valence-electron chi connectivity index (χ4n) is 4.83. The van der Waals surface area contributed by atoms with Crippen LogP contribution in [0, 0.1) is 6.92 Å². The number of carbonyl (C=O) groups is 3. The van der Waals surface area contributed by atoms with Gasteiger partial charge in [-0.05, 0) is 42.8 Å². The van der Waals surface area contributed by atoms with Crippen molar-refractivity contribution in [3.63, 3.8) is 0 Å². The first-order valence-corrected chi connectivity index (χ1v) is 13.0. The van der Waals surface area contributed by atoms with E-state index < -0.39 is 29.8 Å². The summed E-state index contributed by atoms with van der Waals surface area (Å²) in [7, 11) is 2.97. The van der Waals surface area contributed by atoms with E-state index in [0.717, 1.165) is 10.5 Å². The van der Waals surface area contributed by atoms with E-state index in [9.17, 15) is 14.4 Å². The van der Waals surface area contributed by atoms with Gasteiger partial charge in [-0.1, -0.05) is 64.1 Å². The lowest BCUT2D eigenvalue weighted by atomic mass is 9.85. The molecule has 12 heteroatoms. The molecule has 2 atom stereocenters. The van der Waals surface area contributed by atoms with Crippen molar-refractivity contribution in [2.24, 2.45) is 0 Å². The van der Waals surface area contributed by atoms with Gasteiger partial charge in [-0.25, -0.2) is 0 Å². The van der Waals surface area contributed by atoms with E-state index in [-0.39, 0.29) is 31.2 Å². The Balaban J connectivity index is 1.71. The normalized spacial score (nSPS) is 18.6. The fourth-order valence-corrected chi connectivity index (χ4v) is 6.02. The molecule has 3 aromatic rings. The van der Waals surface area contributed by atoms with Gasteiger partial charge in [0.15, 0.2) is 0 Å². The lowest BCUT2D eigenvalue weighted by Crippen LogP contribution is -2.67. The predicted molar refractivity (Wildman–Crippen MR) is 147 cm³/mol. The van der Waals surface area contributed by atoms with Gasteiger partial charge >= 0.3 is 0 Å². The zero-order valence-corrected chi connectivity index (χ0v) is 23.7. The molecule has 0 spiro atoms. The Bertz CT molecular complexity index is 1510. The third kappa shape index (κ3) is 3.83. The summed E-state index contributed by atoms with van der Waals surface area (Å²) in [4.78, 5) is 43.5. The Hall–Kier alpha value is -2.68. The van der Waals surface area contributed by atoms with Crippen LogP contribution in [0.5, 0.6) is 11.5 Å². The Morgan fingerprint density at radius 1 is 0.711 bits per heavy atom. The Morgan fingerprint density at radius 3 is 1.87 bits per heavy atom. The maximum Gasteiger partial charge on any atom is 0.264 e. The number of β-lactam (4-membered cyclic amide) rings is 1. The third-order valence-electron chi connectivity index (χ3n) is 6.66. The number of benzene rings is 3. The molecule has 2 heterocycles. The number of nitrogens with zero attached hydrogens (tertiary/aromatic N) is 2. The van der Waals surface area contributed by atoms with E-state index >= 15 is 0 Å². The molecule has 0 aromatic heterocycles. The van der Waals surface area contributed by atoms with Crippen molar-refractivity contribution in [3.05, 3.63) is 83.8 Å². The van der Waals surface area contributed by atoms with Crippen LogP contribution in [0.1, 0.15) is 37.9 Å². The van der Waals surface area contributed by atoms with Gasteiger partial charge in [-0.2, -0.15) is 0 Å². The molecule has 1 saturated heterocycles. The molecule has 0 bridgehead atoms. The van der Waals surface area contributed by atoms with Gasteiger partial charge in [0.25, 0.3) is 17.7 Å². The highest BCUT2D eigenvalue weighted by Gasteiger charge is 2.59. The molecule has 0 unspecified atom stereocenters. The molecule has 7 nitrogen and oxygen atoms in total. The van der Waals surface area contributed by atoms with Crippen LogP contribution >= 0.6 is 58.0 Å². The Morgan fingerprint density at radius 2 is 1.32 bits per heavy atom. The van der Waals surface area contributed by atoms with Gasteiger partial charge in [-0.15, -0.1) is 0 Å². The summed E-state index contributed by atoms with van der Waals surface area (Å²) in [5.74, 6) is -1.26. The van der Waals surface area contributed by atoms with Gasteiger partial charge in [-0.3, -0.25) is 24.2 Å². The van der Waals surface area contributed by atoms with Gasteiger partial charge in [0.05, 0.1) is 51.5 Å². The number of ether oxygens (including phenoxy) is 2. The minimum Gasteiger partial charge on any atom is -0.497 e. The maximum absolute atomic E-state index is 13.8. The van der Waals surface area contributed by atoms with Crippen molar-refractivity contribution in [2.45, 2.75) is 19.0 Å². The fraction of sp³-hybridized carbons (Fsp3) is 0.192. The van der Waals surface area contributed by atoms with Crippen molar-refractivity contribution in [1.29, 1.82) is 0 Å². The van der Waals surface area contributed by atoms with Crippen molar-refractivity contribution in [3.8, 4) is 11.5 Å². The molecule has 0 saturated carbocycles. The molecule has 0 radical (unpaired) electrons. The number of amides is 3. The smallest absolute Gasteiger partial charge is 0.264 e. The molecule has 0 N–H and O–H groups in total. The second-order valence-corrected chi connectivity index (χ2v) is 10.6. The topological polar surface area (TPSA) is 76.1 Å². The third-order valence-corrected chi connectivity index (χ3v) is 8.70. The van der Waals surface area contributed by atoms with Crippen LogP contribution in [0.3, 0.4) is 0 Å². The minimum absolute atomic E-state index is 0.165. The monoisotopic (exact) mass is 612 g/mol. The average molecular weight is 615 g/mol. The van der Waals surface area contributed by atoms with Crippen molar-refractivity contribution in [1.82, 2.24) is 4.90 Å².